The van der Waals surface area contributed by atoms with E-state index in [1.165, 1.54) is 0 Å². The number of fused-ring (bicyclic) bond motifs is 3. The molecule has 5 fully saturated rings. The molecule has 0 aromatic rings. The van der Waals surface area contributed by atoms with Crippen LogP contribution in [-0.4, -0.2) is 71.3 Å². The number of rotatable bonds is 8. The van der Waals surface area contributed by atoms with Crippen LogP contribution in [0.1, 0.15) is 64.2 Å². The Morgan fingerprint density at radius 2 is 1.79 bits per heavy atom. The van der Waals surface area contributed by atoms with Crippen molar-refractivity contribution in [2.75, 3.05) is 6.54 Å². The van der Waals surface area contributed by atoms with Crippen molar-refractivity contribution in [3.8, 4) is 6.07 Å². The molecule has 2 saturated carbocycles. The molecule has 3 N–H and O–H groups in total. The van der Waals surface area contributed by atoms with Gasteiger partial charge in [-0.05, 0) is 44.4 Å². The monoisotopic (exact) mass is 561 g/mol. The lowest BCUT2D eigenvalue weighted by atomic mass is 9.71. The molecule has 4 amide bonds. The van der Waals surface area contributed by atoms with Crippen LogP contribution in [0.4, 0.5) is 22.0 Å². The van der Waals surface area contributed by atoms with Gasteiger partial charge in [0.15, 0.2) is 0 Å². The van der Waals surface area contributed by atoms with E-state index >= 15 is 0 Å². The van der Waals surface area contributed by atoms with E-state index in [0.29, 0.717) is 32.2 Å². The summed E-state index contributed by atoms with van der Waals surface area (Å²) in [5, 5.41) is 16.4. The third kappa shape index (κ3) is 6.27. The quantitative estimate of drug-likeness (QED) is 0.391. The first-order valence-corrected chi connectivity index (χ1v) is 13.4. The average Bonchev–Trinajstić information content (AvgIpc) is 2.84. The molecule has 3 saturated heterocycles. The van der Waals surface area contributed by atoms with Gasteiger partial charge in [-0.1, -0.05) is 19.3 Å². The van der Waals surface area contributed by atoms with Crippen LogP contribution < -0.4 is 16.0 Å². The van der Waals surface area contributed by atoms with Gasteiger partial charge in [-0.2, -0.15) is 18.4 Å². The number of halogens is 5. The van der Waals surface area contributed by atoms with Crippen molar-refractivity contribution in [1.29, 1.82) is 5.26 Å². The van der Waals surface area contributed by atoms with Crippen LogP contribution in [0.2, 0.25) is 0 Å². The first-order chi connectivity index (χ1) is 18.3. The Bertz CT molecular complexity index is 1030. The average molecular weight is 562 g/mol. The van der Waals surface area contributed by atoms with Crippen LogP contribution in [0.3, 0.4) is 0 Å². The summed E-state index contributed by atoms with van der Waals surface area (Å²) >= 11 is 0. The smallest absolute Gasteiger partial charge is 0.356 e. The highest BCUT2D eigenvalue weighted by Crippen LogP contribution is 2.49. The Labute approximate surface area is 222 Å². The van der Waals surface area contributed by atoms with Crippen molar-refractivity contribution in [3.05, 3.63) is 0 Å². The summed E-state index contributed by atoms with van der Waals surface area (Å²) in [6.45, 7) is 0.489. The summed E-state index contributed by atoms with van der Waals surface area (Å²) in [7, 11) is 0. The molecule has 3 aliphatic heterocycles. The molecular formula is C25H32F5N5O4. The molecule has 0 unspecified atom stereocenters. The fourth-order valence-corrected chi connectivity index (χ4v) is 6.27. The third-order valence-electron chi connectivity index (χ3n) is 8.51. The second-order valence-electron chi connectivity index (χ2n) is 11.1. The van der Waals surface area contributed by atoms with E-state index in [9.17, 15) is 46.4 Å². The normalized spacial score (nSPS) is 29.8. The van der Waals surface area contributed by atoms with Crippen LogP contribution in [-0.2, 0) is 19.2 Å². The lowest BCUT2D eigenvalue weighted by Crippen LogP contribution is -2.71. The van der Waals surface area contributed by atoms with E-state index in [2.05, 4.69) is 10.6 Å². The third-order valence-corrected chi connectivity index (χ3v) is 8.51. The number of piperidine rings is 3. The molecule has 9 nitrogen and oxygen atoms in total. The van der Waals surface area contributed by atoms with Crippen LogP contribution in [0.5, 0.6) is 0 Å². The minimum absolute atomic E-state index is 0.0504. The summed E-state index contributed by atoms with van der Waals surface area (Å²) in [5.41, 5.74) is 0. The van der Waals surface area contributed by atoms with Crippen LogP contribution in [0.25, 0.3) is 0 Å². The zero-order chi connectivity index (χ0) is 28.5. The SMILES string of the molecule is N#C[C@H](C[C@H]1CCCNC1=O)NC(=O)[C@@H]1[C@@H]2CC[C@@H](CC2(F)F)N1C(=O)[C@H](CC1CCC1)NC(=O)C(F)(F)F. The molecule has 6 atom stereocenters. The summed E-state index contributed by atoms with van der Waals surface area (Å²) in [6.07, 6.45) is -2.84. The molecule has 0 radical (unpaired) electrons. The van der Waals surface area contributed by atoms with Gasteiger partial charge in [0.05, 0.1) is 12.0 Å². The second kappa shape index (κ2) is 11.3. The number of amides is 4. The summed E-state index contributed by atoms with van der Waals surface area (Å²) < 4.78 is 69.1. The molecule has 216 valence electrons. The van der Waals surface area contributed by atoms with Crippen molar-refractivity contribution in [2.24, 2.45) is 17.8 Å². The van der Waals surface area contributed by atoms with Crippen molar-refractivity contribution in [3.63, 3.8) is 0 Å². The summed E-state index contributed by atoms with van der Waals surface area (Å²) in [4.78, 5) is 51.9. The Balaban J connectivity index is 1.57. The van der Waals surface area contributed by atoms with Crippen LogP contribution in [0, 0.1) is 29.1 Å². The van der Waals surface area contributed by atoms with E-state index < -0.39 is 72.2 Å². The van der Waals surface area contributed by atoms with E-state index in [1.54, 1.807) is 5.32 Å². The predicted octanol–water partition coefficient (Wildman–Crippen LogP) is 2.16. The summed E-state index contributed by atoms with van der Waals surface area (Å²) in [5.74, 6) is -10.2. The summed E-state index contributed by atoms with van der Waals surface area (Å²) in [6, 6.07) is -3.82. The molecule has 5 rings (SSSR count). The predicted molar refractivity (Wildman–Crippen MR) is 125 cm³/mol. The fraction of sp³-hybridized carbons (Fsp3) is 0.800. The van der Waals surface area contributed by atoms with Gasteiger partial charge in [-0.25, -0.2) is 8.78 Å². The molecule has 0 spiro atoms. The van der Waals surface area contributed by atoms with Gasteiger partial charge in [0, 0.05) is 24.9 Å². The van der Waals surface area contributed by atoms with Gasteiger partial charge < -0.3 is 20.9 Å². The number of alkyl halides is 5. The van der Waals surface area contributed by atoms with Gasteiger partial charge in [-0.15, -0.1) is 0 Å². The maximum atomic E-state index is 15.0. The lowest BCUT2D eigenvalue weighted by Gasteiger charge is -2.54. The van der Waals surface area contributed by atoms with E-state index in [-0.39, 0.29) is 37.5 Å². The molecule has 0 aromatic carbocycles. The van der Waals surface area contributed by atoms with E-state index in [0.717, 1.165) is 11.3 Å². The van der Waals surface area contributed by atoms with E-state index in [1.807, 2.05) is 6.07 Å². The van der Waals surface area contributed by atoms with Crippen LogP contribution in [0.15, 0.2) is 0 Å². The van der Waals surface area contributed by atoms with Gasteiger partial charge in [-0.3, -0.25) is 19.2 Å². The number of hydrogen-bond donors (Lipinski definition) is 3. The molecule has 3 heterocycles. The second-order valence-corrected chi connectivity index (χ2v) is 11.1. The molecule has 5 aliphatic rings. The molecule has 14 heteroatoms. The van der Waals surface area contributed by atoms with Gasteiger partial charge in [0.25, 0.3) is 5.92 Å². The molecule has 2 aliphatic carbocycles. The Morgan fingerprint density at radius 1 is 1.08 bits per heavy atom. The number of nitriles is 1. The van der Waals surface area contributed by atoms with Crippen LogP contribution >= 0.6 is 0 Å². The Hall–Kier alpha value is -2.98. The van der Waals surface area contributed by atoms with E-state index in [4.69, 9.17) is 0 Å². The maximum absolute atomic E-state index is 15.0. The van der Waals surface area contributed by atoms with Crippen molar-refractivity contribution < 1.29 is 41.1 Å². The number of carbonyl (C=O) groups excluding carboxylic acids is 4. The largest absolute Gasteiger partial charge is 0.471 e. The minimum Gasteiger partial charge on any atom is -0.356 e. The van der Waals surface area contributed by atoms with Gasteiger partial charge >= 0.3 is 12.1 Å². The molecule has 39 heavy (non-hydrogen) atoms. The number of hydrogen-bond acceptors (Lipinski definition) is 5. The first kappa shape index (κ1) is 29.0. The van der Waals surface area contributed by atoms with Crippen molar-refractivity contribution >= 4 is 23.6 Å². The minimum atomic E-state index is -5.26. The maximum Gasteiger partial charge on any atom is 0.471 e. The highest BCUT2D eigenvalue weighted by atomic mass is 19.4. The van der Waals surface area contributed by atoms with Crippen molar-refractivity contribution in [2.45, 2.75) is 100 Å². The Morgan fingerprint density at radius 3 is 2.36 bits per heavy atom. The highest BCUT2D eigenvalue weighted by Gasteiger charge is 2.61. The zero-order valence-electron chi connectivity index (χ0n) is 21.2. The fourth-order valence-electron chi connectivity index (χ4n) is 6.27. The highest BCUT2D eigenvalue weighted by molar-refractivity contribution is 5.94. The topological polar surface area (TPSA) is 131 Å². The standard InChI is InChI=1S/C25H32F5N5O4/c26-24(27)11-16-6-7-17(24)19(21(37)33-15(12-31)10-14-5-2-8-32-20(14)36)35(16)22(38)18(9-13-3-1-4-13)34-23(39)25(28,29)30/h13-19H,1-11H2,(H,32,36)(H,33,37)(H,34,39)/t14-,15+,16+,17+,18+,19+/m1/s1. The molecular weight excluding hydrogens is 529 g/mol. The number of carbonyl (C=O) groups is 4. The van der Waals surface area contributed by atoms with Gasteiger partial charge in [0.2, 0.25) is 17.7 Å². The number of nitrogens with zero attached hydrogens (tertiary/aromatic N) is 2. The molecule has 2 bridgehead atoms. The zero-order valence-corrected chi connectivity index (χ0v) is 21.2. The van der Waals surface area contributed by atoms with Crippen molar-refractivity contribution in [1.82, 2.24) is 20.9 Å². The van der Waals surface area contributed by atoms with Gasteiger partial charge in [0.1, 0.15) is 18.1 Å². The molecule has 0 aromatic heterocycles. The lowest BCUT2D eigenvalue weighted by molar-refractivity contribution is -0.196. The first-order valence-electron chi connectivity index (χ1n) is 13.4. The Kier molecular flexibility index (Phi) is 8.37. The number of nitrogens with one attached hydrogen (secondary N) is 3.